The smallest absolute Gasteiger partial charge is 0.292 e. The van der Waals surface area contributed by atoms with Gasteiger partial charge in [0.1, 0.15) is 0 Å². The second kappa shape index (κ2) is 8.18. The first kappa shape index (κ1) is 21.1. The van der Waals surface area contributed by atoms with E-state index in [0.717, 1.165) is 37.4 Å². The van der Waals surface area contributed by atoms with Gasteiger partial charge in [0.15, 0.2) is 11.5 Å². The SMILES string of the molecule is CN(F)c1ccc(N2CCN(Cc3ccc4nc(C(C)(F)F)c(=O)[nH]c4c3)CC2)cn1. The van der Waals surface area contributed by atoms with Crippen molar-refractivity contribution in [3.05, 3.63) is 58.1 Å². The number of alkyl halides is 2. The number of hydrogen-bond donors (Lipinski definition) is 1. The van der Waals surface area contributed by atoms with E-state index in [0.29, 0.717) is 29.6 Å². The molecule has 164 valence electrons. The summed E-state index contributed by atoms with van der Waals surface area (Å²) >= 11 is 0. The van der Waals surface area contributed by atoms with Gasteiger partial charge in [-0.3, -0.25) is 9.69 Å². The van der Waals surface area contributed by atoms with Crippen LogP contribution in [0.2, 0.25) is 0 Å². The number of pyridine rings is 1. The highest BCUT2D eigenvalue weighted by atomic mass is 19.3. The second-order valence-electron chi connectivity index (χ2n) is 7.77. The molecule has 1 fully saturated rings. The van der Waals surface area contributed by atoms with Gasteiger partial charge in [0.05, 0.1) is 22.9 Å². The molecule has 1 saturated heterocycles. The average Bonchev–Trinajstić information content (AvgIpc) is 2.73. The van der Waals surface area contributed by atoms with E-state index in [4.69, 9.17) is 0 Å². The molecule has 3 heterocycles. The molecule has 0 amide bonds. The molecule has 0 saturated carbocycles. The van der Waals surface area contributed by atoms with Crippen molar-refractivity contribution in [1.29, 1.82) is 0 Å². The molecular formula is C21H23F3N6O. The molecule has 0 atom stereocenters. The van der Waals surface area contributed by atoms with Crippen LogP contribution in [0, 0.1) is 0 Å². The van der Waals surface area contributed by atoms with E-state index < -0.39 is 17.2 Å². The Kier molecular flexibility index (Phi) is 5.57. The highest BCUT2D eigenvalue weighted by Crippen LogP contribution is 2.24. The Bertz CT molecular complexity index is 1120. The third-order valence-corrected chi connectivity index (χ3v) is 5.36. The molecule has 0 unspecified atom stereocenters. The molecule has 0 bridgehead atoms. The maximum atomic E-state index is 13.5. The molecule has 1 aliphatic heterocycles. The summed E-state index contributed by atoms with van der Waals surface area (Å²) in [6.45, 7) is 4.56. The summed E-state index contributed by atoms with van der Waals surface area (Å²) < 4.78 is 40.2. The first-order valence-electron chi connectivity index (χ1n) is 9.95. The lowest BCUT2D eigenvalue weighted by atomic mass is 10.1. The fourth-order valence-electron chi connectivity index (χ4n) is 3.70. The highest BCUT2D eigenvalue weighted by molar-refractivity contribution is 5.74. The summed E-state index contributed by atoms with van der Waals surface area (Å²) in [4.78, 5) is 26.9. The van der Waals surface area contributed by atoms with Gasteiger partial charge < -0.3 is 9.88 Å². The molecule has 4 rings (SSSR count). The Morgan fingerprint density at radius 2 is 1.90 bits per heavy atom. The van der Waals surface area contributed by atoms with Gasteiger partial charge in [-0.15, -0.1) is 0 Å². The summed E-state index contributed by atoms with van der Waals surface area (Å²) in [5.74, 6) is -3.03. The van der Waals surface area contributed by atoms with Crippen molar-refractivity contribution in [2.75, 3.05) is 43.2 Å². The first-order valence-corrected chi connectivity index (χ1v) is 9.95. The van der Waals surface area contributed by atoms with Gasteiger partial charge in [0.2, 0.25) is 0 Å². The van der Waals surface area contributed by atoms with E-state index in [9.17, 15) is 18.1 Å². The predicted octanol–water partition coefficient (Wildman–Crippen LogP) is 3.07. The first-order chi connectivity index (χ1) is 14.7. The van der Waals surface area contributed by atoms with Crippen molar-refractivity contribution in [2.45, 2.75) is 19.4 Å². The third kappa shape index (κ3) is 4.63. The number of aromatic amines is 1. The standard InChI is InChI=1S/C21H23F3N6O/c1-21(22,23)19-20(31)27-17-11-14(3-5-16(17)26-19)13-29-7-9-30(10-8-29)15-4-6-18(25-12-15)28(2)24/h3-6,11-12H,7-10,13H2,1-2H3,(H,27,31). The lowest BCUT2D eigenvalue weighted by Crippen LogP contribution is -2.46. The molecule has 0 radical (unpaired) electrons. The van der Waals surface area contributed by atoms with Gasteiger partial charge in [0.25, 0.3) is 11.5 Å². The third-order valence-electron chi connectivity index (χ3n) is 5.36. The summed E-state index contributed by atoms with van der Waals surface area (Å²) in [6.07, 6.45) is 1.67. The van der Waals surface area contributed by atoms with Crippen molar-refractivity contribution in [3.63, 3.8) is 0 Å². The molecule has 1 aliphatic rings. The minimum atomic E-state index is -3.29. The monoisotopic (exact) mass is 432 g/mol. The van der Waals surface area contributed by atoms with Crippen LogP contribution in [-0.4, -0.2) is 53.1 Å². The van der Waals surface area contributed by atoms with Gasteiger partial charge in [-0.25, -0.2) is 9.97 Å². The Labute approximate surface area is 177 Å². The van der Waals surface area contributed by atoms with E-state index >= 15 is 0 Å². The summed E-state index contributed by atoms with van der Waals surface area (Å²) in [7, 11) is 1.30. The van der Waals surface area contributed by atoms with Crippen LogP contribution in [0.3, 0.4) is 0 Å². The van der Waals surface area contributed by atoms with Crippen LogP contribution in [0.15, 0.2) is 41.3 Å². The zero-order chi connectivity index (χ0) is 22.2. The van der Waals surface area contributed by atoms with Gasteiger partial charge in [-0.2, -0.15) is 13.9 Å². The number of nitrogens with zero attached hydrogens (tertiary/aromatic N) is 5. The number of halogens is 3. The molecule has 0 aliphatic carbocycles. The molecule has 7 nitrogen and oxygen atoms in total. The summed E-state index contributed by atoms with van der Waals surface area (Å²) in [5, 5.41) is 0.475. The fourth-order valence-corrected chi connectivity index (χ4v) is 3.70. The zero-order valence-electron chi connectivity index (χ0n) is 17.3. The van der Waals surface area contributed by atoms with Gasteiger partial charge in [0, 0.05) is 46.7 Å². The lowest BCUT2D eigenvalue weighted by molar-refractivity contribution is 0.0115. The molecule has 0 spiro atoms. The van der Waals surface area contributed by atoms with Crippen LogP contribution < -0.4 is 15.6 Å². The number of fused-ring (bicyclic) bond motifs is 1. The maximum absolute atomic E-state index is 13.5. The van der Waals surface area contributed by atoms with Gasteiger partial charge in [-0.1, -0.05) is 10.5 Å². The van der Waals surface area contributed by atoms with Crippen molar-refractivity contribution in [2.24, 2.45) is 0 Å². The van der Waals surface area contributed by atoms with Crippen molar-refractivity contribution in [1.82, 2.24) is 19.9 Å². The second-order valence-corrected chi connectivity index (χ2v) is 7.77. The maximum Gasteiger partial charge on any atom is 0.292 e. The van der Waals surface area contributed by atoms with E-state index in [1.165, 1.54) is 7.05 Å². The Balaban J connectivity index is 1.41. The highest BCUT2D eigenvalue weighted by Gasteiger charge is 2.30. The van der Waals surface area contributed by atoms with Crippen molar-refractivity contribution < 1.29 is 13.3 Å². The van der Waals surface area contributed by atoms with Crippen LogP contribution in [0.4, 0.5) is 24.8 Å². The minimum Gasteiger partial charge on any atom is -0.368 e. The number of hydrogen-bond acceptors (Lipinski definition) is 6. The zero-order valence-corrected chi connectivity index (χ0v) is 17.3. The number of benzene rings is 1. The number of aromatic nitrogens is 3. The van der Waals surface area contributed by atoms with Crippen molar-refractivity contribution >= 4 is 22.5 Å². The molecule has 10 heteroatoms. The largest absolute Gasteiger partial charge is 0.368 e. The number of piperazine rings is 1. The summed E-state index contributed by atoms with van der Waals surface area (Å²) in [6, 6.07) is 8.78. The van der Waals surface area contributed by atoms with Crippen LogP contribution in [-0.2, 0) is 12.5 Å². The van der Waals surface area contributed by atoms with Crippen LogP contribution in [0.5, 0.6) is 0 Å². The molecule has 31 heavy (non-hydrogen) atoms. The Hall–Kier alpha value is -3.14. The lowest BCUT2D eigenvalue weighted by Gasteiger charge is -2.36. The average molecular weight is 432 g/mol. The van der Waals surface area contributed by atoms with Crippen LogP contribution in [0.25, 0.3) is 11.0 Å². The molecular weight excluding hydrogens is 409 g/mol. The fraction of sp³-hybridized carbons (Fsp3) is 0.381. The normalized spacial score (nSPS) is 15.5. The number of H-pyrrole nitrogens is 1. The Morgan fingerprint density at radius 3 is 2.52 bits per heavy atom. The van der Waals surface area contributed by atoms with E-state index in [1.807, 2.05) is 12.1 Å². The van der Waals surface area contributed by atoms with E-state index in [1.54, 1.807) is 24.4 Å². The molecule has 3 aromatic rings. The number of nitrogens with one attached hydrogen (secondary N) is 1. The molecule has 2 aromatic heterocycles. The topological polar surface area (TPSA) is 68.4 Å². The van der Waals surface area contributed by atoms with Gasteiger partial charge in [-0.05, 0) is 29.8 Å². The van der Waals surface area contributed by atoms with Crippen molar-refractivity contribution in [3.8, 4) is 0 Å². The van der Waals surface area contributed by atoms with Gasteiger partial charge >= 0.3 is 0 Å². The quantitative estimate of drug-likeness (QED) is 0.625. The van der Waals surface area contributed by atoms with Crippen LogP contribution in [0.1, 0.15) is 18.2 Å². The van der Waals surface area contributed by atoms with E-state index in [-0.39, 0.29) is 5.82 Å². The van der Waals surface area contributed by atoms with E-state index in [2.05, 4.69) is 24.8 Å². The number of rotatable bonds is 5. The molecule has 1 aromatic carbocycles. The minimum absolute atomic E-state index is 0.265. The predicted molar refractivity (Wildman–Crippen MR) is 113 cm³/mol. The Morgan fingerprint density at radius 1 is 1.16 bits per heavy atom. The summed E-state index contributed by atoms with van der Waals surface area (Å²) in [5.41, 5.74) is 1.04. The molecule has 1 N–H and O–H groups in total. The van der Waals surface area contributed by atoms with Crippen LogP contribution >= 0.6 is 0 Å². The number of anilines is 2.